The first-order chi connectivity index (χ1) is 19.7. The van der Waals surface area contributed by atoms with Crippen LogP contribution in [0.15, 0.2) is 85.1 Å². The Kier molecular flexibility index (Phi) is 7.33. The van der Waals surface area contributed by atoms with Gasteiger partial charge in [-0.1, -0.05) is 30.3 Å². The highest BCUT2D eigenvalue weighted by molar-refractivity contribution is 6.08. The Morgan fingerprint density at radius 2 is 1.68 bits per heavy atom. The number of nitrogens with zero attached hydrogens (tertiary/aromatic N) is 4. The minimum atomic E-state index is -2.90. The zero-order valence-electron chi connectivity index (χ0n) is 21.2. The zero-order chi connectivity index (χ0) is 29.1. The predicted octanol–water partition coefficient (Wildman–Crippen LogP) is 6.25. The number of nitrogens with one attached hydrogen (secondary N) is 2. The number of rotatable bonds is 8. The lowest BCUT2D eigenvalue weighted by atomic mass is 10.1. The first-order valence-corrected chi connectivity index (χ1v) is 12.1. The van der Waals surface area contributed by atoms with Crippen molar-refractivity contribution in [2.75, 3.05) is 10.6 Å². The maximum Gasteiger partial charge on any atom is 0.280 e. The maximum atomic E-state index is 13.9. The highest BCUT2D eigenvalue weighted by Crippen LogP contribution is 2.31. The van der Waals surface area contributed by atoms with Crippen molar-refractivity contribution >= 4 is 34.5 Å². The molecule has 5 aromatic rings. The second-order valence-electron chi connectivity index (χ2n) is 8.76. The summed E-state index contributed by atoms with van der Waals surface area (Å²) in [4.78, 5) is 39.8. The molecule has 0 bridgehead atoms. The summed E-state index contributed by atoms with van der Waals surface area (Å²) < 4.78 is 34.4. The quantitative estimate of drug-likeness (QED) is 0.170. The second-order valence-corrected chi connectivity index (χ2v) is 8.76. The first-order valence-electron chi connectivity index (χ1n) is 12.1. The summed E-state index contributed by atoms with van der Waals surface area (Å²) in [6.07, 6.45) is -1.80. The molecule has 5 rings (SSSR count). The van der Waals surface area contributed by atoms with Crippen LogP contribution in [0.25, 0.3) is 16.9 Å². The molecule has 0 fully saturated rings. The second kappa shape index (κ2) is 11.2. The molecule has 206 valence electrons. The van der Waals surface area contributed by atoms with Crippen LogP contribution in [0.4, 0.5) is 25.8 Å². The van der Waals surface area contributed by atoms with E-state index >= 15 is 0 Å². The fourth-order valence-electron chi connectivity index (χ4n) is 4.02. The number of carbonyl (C=O) groups excluding carboxylic acids is 2. The van der Waals surface area contributed by atoms with E-state index in [1.54, 1.807) is 54.6 Å². The lowest BCUT2D eigenvalue weighted by molar-refractivity contribution is -0.384. The number of hydrogen-bond donors (Lipinski definition) is 2. The normalized spacial score (nSPS) is 10.9. The minimum Gasteiger partial charge on any atom is -0.457 e. The van der Waals surface area contributed by atoms with Crippen molar-refractivity contribution in [2.45, 2.75) is 13.3 Å². The largest absolute Gasteiger partial charge is 0.457 e. The molecule has 11 nitrogen and oxygen atoms in total. The van der Waals surface area contributed by atoms with Crippen LogP contribution >= 0.6 is 0 Å². The van der Waals surface area contributed by atoms with Crippen LogP contribution < -0.4 is 15.4 Å². The van der Waals surface area contributed by atoms with Crippen LogP contribution in [0.3, 0.4) is 0 Å². The average Bonchev–Trinajstić information content (AvgIpc) is 3.38. The lowest BCUT2D eigenvalue weighted by Gasteiger charge is -2.11. The summed E-state index contributed by atoms with van der Waals surface area (Å²) in [5.74, 6) is -0.660. The van der Waals surface area contributed by atoms with Gasteiger partial charge in [0.15, 0.2) is 5.65 Å². The molecule has 2 heterocycles. The van der Waals surface area contributed by atoms with E-state index in [0.717, 1.165) is 16.8 Å². The number of benzene rings is 3. The third-order valence-electron chi connectivity index (χ3n) is 5.81. The minimum absolute atomic E-state index is 0.0155. The molecule has 0 aliphatic rings. The summed E-state index contributed by atoms with van der Waals surface area (Å²) >= 11 is 0. The first kappa shape index (κ1) is 26.9. The number of carbonyl (C=O) groups is 2. The SMILES string of the molecule is CC(=O)Nc1ccc(Oc2cc(NC(=O)c3cnn4c(C(F)F)cc(-c5ccccc5)nc34)cc([N+](=O)[O-])c2)cc1. The van der Waals surface area contributed by atoms with Gasteiger partial charge < -0.3 is 15.4 Å². The summed E-state index contributed by atoms with van der Waals surface area (Å²) in [6, 6.07) is 19.8. The molecule has 0 saturated carbocycles. The van der Waals surface area contributed by atoms with E-state index in [1.165, 1.54) is 25.1 Å². The van der Waals surface area contributed by atoms with Crippen molar-refractivity contribution in [3.05, 3.63) is 106 Å². The number of amides is 2. The number of halogens is 2. The molecule has 13 heteroatoms. The molecular weight excluding hydrogens is 538 g/mol. The summed E-state index contributed by atoms with van der Waals surface area (Å²) in [7, 11) is 0. The molecule has 0 saturated heterocycles. The van der Waals surface area contributed by atoms with E-state index < -0.39 is 22.9 Å². The van der Waals surface area contributed by atoms with Crippen molar-refractivity contribution in [2.24, 2.45) is 0 Å². The smallest absolute Gasteiger partial charge is 0.280 e. The van der Waals surface area contributed by atoms with E-state index in [0.29, 0.717) is 17.0 Å². The van der Waals surface area contributed by atoms with E-state index in [-0.39, 0.29) is 39.9 Å². The van der Waals surface area contributed by atoms with Gasteiger partial charge >= 0.3 is 0 Å². The Labute approximate surface area is 230 Å². The number of non-ortho nitro benzene ring substituents is 1. The van der Waals surface area contributed by atoms with Crippen molar-refractivity contribution in [3.63, 3.8) is 0 Å². The molecular formula is C28H20F2N6O5. The van der Waals surface area contributed by atoms with Crippen molar-refractivity contribution < 1.29 is 28.0 Å². The van der Waals surface area contributed by atoms with Crippen LogP contribution in [-0.2, 0) is 4.79 Å². The molecule has 2 amide bonds. The summed E-state index contributed by atoms with van der Waals surface area (Å²) in [6.45, 7) is 1.37. The predicted molar refractivity (Wildman–Crippen MR) is 145 cm³/mol. The van der Waals surface area contributed by atoms with Crippen LogP contribution in [-0.4, -0.2) is 31.3 Å². The van der Waals surface area contributed by atoms with Gasteiger partial charge in [0.05, 0.1) is 28.6 Å². The third kappa shape index (κ3) is 5.98. The van der Waals surface area contributed by atoms with Crippen LogP contribution in [0.5, 0.6) is 11.5 Å². The number of nitro benzene ring substituents is 1. The van der Waals surface area contributed by atoms with Crippen LogP contribution in [0.2, 0.25) is 0 Å². The van der Waals surface area contributed by atoms with Crippen molar-refractivity contribution in [1.29, 1.82) is 0 Å². The number of alkyl halides is 2. The Balaban J connectivity index is 1.46. The molecule has 0 atom stereocenters. The van der Waals surface area contributed by atoms with Gasteiger partial charge in [0.1, 0.15) is 22.8 Å². The van der Waals surface area contributed by atoms with E-state index in [4.69, 9.17) is 4.74 Å². The molecule has 0 spiro atoms. The molecule has 0 unspecified atom stereocenters. The van der Waals surface area contributed by atoms with Gasteiger partial charge in [0.2, 0.25) is 5.91 Å². The van der Waals surface area contributed by atoms with Gasteiger partial charge in [0, 0.05) is 30.3 Å². The summed E-state index contributed by atoms with van der Waals surface area (Å²) in [5.41, 5.74) is 0.285. The highest BCUT2D eigenvalue weighted by atomic mass is 19.3. The molecule has 3 aromatic carbocycles. The van der Waals surface area contributed by atoms with Gasteiger partial charge in [-0.2, -0.15) is 5.10 Å². The lowest BCUT2D eigenvalue weighted by Crippen LogP contribution is -2.13. The molecule has 2 aromatic heterocycles. The average molecular weight is 559 g/mol. The van der Waals surface area contributed by atoms with Gasteiger partial charge in [-0.15, -0.1) is 0 Å². The monoisotopic (exact) mass is 558 g/mol. The fraction of sp³-hybridized carbons (Fsp3) is 0.0714. The number of hydrogen-bond acceptors (Lipinski definition) is 7. The molecule has 41 heavy (non-hydrogen) atoms. The number of fused-ring (bicyclic) bond motifs is 1. The van der Waals surface area contributed by atoms with Crippen LogP contribution in [0.1, 0.15) is 29.4 Å². The maximum absolute atomic E-state index is 13.9. The Morgan fingerprint density at radius 3 is 2.34 bits per heavy atom. The van der Waals surface area contributed by atoms with E-state index in [1.807, 2.05) is 0 Å². The molecule has 0 radical (unpaired) electrons. The molecule has 0 aliphatic heterocycles. The van der Waals surface area contributed by atoms with Gasteiger partial charge in [-0.25, -0.2) is 18.3 Å². The molecule has 2 N–H and O–H groups in total. The number of ether oxygens (including phenoxy) is 1. The Bertz CT molecular complexity index is 1770. The van der Waals surface area contributed by atoms with E-state index in [9.17, 15) is 28.5 Å². The van der Waals surface area contributed by atoms with Crippen molar-refractivity contribution in [1.82, 2.24) is 14.6 Å². The molecule has 0 aliphatic carbocycles. The van der Waals surface area contributed by atoms with E-state index in [2.05, 4.69) is 20.7 Å². The number of nitro groups is 1. The van der Waals surface area contributed by atoms with Crippen molar-refractivity contribution in [3.8, 4) is 22.8 Å². The highest BCUT2D eigenvalue weighted by Gasteiger charge is 2.22. The van der Waals surface area contributed by atoms with Gasteiger partial charge in [-0.05, 0) is 30.3 Å². The third-order valence-corrected chi connectivity index (χ3v) is 5.81. The zero-order valence-corrected chi connectivity index (χ0v) is 21.2. The Morgan fingerprint density at radius 1 is 0.951 bits per heavy atom. The number of anilines is 2. The Hall–Kier alpha value is -5.72. The van der Waals surface area contributed by atoms with Gasteiger partial charge in [0.25, 0.3) is 18.0 Å². The fourth-order valence-corrected chi connectivity index (χ4v) is 4.02. The van der Waals surface area contributed by atoms with Crippen LogP contribution in [0, 0.1) is 10.1 Å². The topological polar surface area (TPSA) is 141 Å². The summed E-state index contributed by atoms with van der Waals surface area (Å²) in [5, 5.41) is 20.7. The standard InChI is InChI=1S/C28H20F2N6O5/c1-16(37)32-18-7-9-21(10-8-18)41-22-12-19(11-20(13-22)36(39)40)33-28(38)23-15-31-35-25(26(29)30)14-24(34-27(23)35)17-5-3-2-4-6-17/h2-15,26H,1H3,(H,32,37)(H,33,38). The van der Waals surface area contributed by atoms with Gasteiger partial charge in [-0.3, -0.25) is 19.7 Å². The number of aromatic nitrogens is 3.